The molecular formula is C19H17F2N3O3. The molecule has 1 N–H and O–H groups in total. The van der Waals surface area contributed by atoms with Gasteiger partial charge in [0.1, 0.15) is 12.4 Å². The minimum absolute atomic E-state index is 0.0840. The highest BCUT2D eigenvalue weighted by atomic mass is 19.1. The second kappa shape index (κ2) is 8.39. The molecule has 1 atom stereocenters. The van der Waals surface area contributed by atoms with Crippen LogP contribution in [0.5, 0.6) is 5.75 Å². The zero-order chi connectivity index (χ0) is 19.2. The van der Waals surface area contributed by atoms with Crippen molar-refractivity contribution in [1.29, 1.82) is 0 Å². The van der Waals surface area contributed by atoms with Crippen molar-refractivity contribution in [1.82, 2.24) is 15.5 Å². The molecule has 3 rings (SSSR count). The molecule has 0 radical (unpaired) electrons. The molecule has 3 aromatic rings. The van der Waals surface area contributed by atoms with Crippen molar-refractivity contribution in [3.05, 3.63) is 77.4 Å². The normalized spacial score (nSPS) is 11.8. The Balaban J connectivity index is 1.61. The number of pyridine rings is 1. The number of aromatic nitrogens is 2. The van der Waals surface area contributed by atoms with Gasteiger partial charge in [-0.1, -0.05) is 12.1 Å². The summed E-state index contributed by atoms with van der Waals surface area (Å²) in [7, 11) is 0. The Labute approximate surface area is 154 Å². The van der Waals surface area contributed by atoms with Crippen LogP contribution in [0.2, 0.25) is 0 Å². The summed E-state index contributed by atoms with van der Waals surface area (Å²) in [5, 5.41) is 6.58. The fourth-order valence-corrected chi connectivity index (χ4v) is 2.48. The smallest absolute Gasteiger partial charge is 0.273 e. The zero-order valence-electron chi connectivity index (χ0n) is 14.5. The molecule has 0 unspecified atom stereocenters. The number of nitrogens with one attached hydrogen (secondary N) is 1. The lowest BCUT2D eigenvalue weighted by Gasteiger charge is -2.16. The van der Waals surface area contributed by atoms with Crippen LogP contribution in [0.15, 0.2) is 53.3 Å². The van der Waals surface area contributed by atoms with Crippen molar-refractivity contribution >= 4 is 5.91 Å². The van der Waals surface area contributed by atoms with Crippen LogP contribution >= 0.6 is 0 Å². The first kappa shape index (κ1) is 18.5. The molecule has 0 aliphatic carbocycles. The van der Waals surface area contributed by atoms with Crippen LogP contribution in [0, 0.1) is 11.6 Å². The van der Waals surface area contributed by atoms with Crippen molar-refractivity contribution in [2.24, 2.45) is 0 Å². The van der Waals surface area contributed by atoms with Gasteiger partial charge >= 0.3 is 0 Å². The lowest BCUT2D eigenvalue weighted by atomic mass is 10.1. The Morgan fingerprint density at radius 3 is 2.70 bits per heavy atom. The van der Waals surface area contributed by atoms with Gasteiger partial charge in [-0.05, 0) is 36.2 Å². The highest BCUT2D eigenvalue weighted by Crippen LogP contribution is 2.20. The quantitative estimate of drug-likeness (QED) is 0.681. The van der Waals surface area contributed by atoms with Gasteiger partial charge in [-0.15, -0.1) is 0 Å². The van der Waals surface area contributed by atoms with Gasteiger partial charge in [0.2, 0.25) is 0 Å². The lowest BCUT2D eigenvalue weighted by molar-refractivity contribution is 0.0926. The number of hydrogen-bond donors (Lipinski definition) is 1. The Morgan fingerprint density at radius 2 is 2.00 bits per heavy atom. The standard InChI is InChI=1S/C19H17F2N3O3/c1-2-16(12-5-7-22-8-6-12)23-19(25)17-10-14(27-24-17)11-26-18-4-3-13(20)9-15(18)21/h3-10,16H,2,11H2,1H3,(H,23,25)/t16-/m0/s1. The van der Waals surface area contributed by atoms with Crippen molar-refractivity contribution in [2.75, 3.05) is 0 Å². The predicted octanol–water partition coefficient (Wildman–Crippen LogP) is 3.81. The van der Waals surface area contributed by atoms with E-state index < -0.39 is 17.5 Å². The third kappa shape index (κ3) is 4.66. The van der Waals surface area contributed by atoms with Crippen molar-refractivity contribution < 1.29 is 22.8 Å². The molecule has 6 nitrogen and oxygen atoms in total. The van der Waals surface area contributed by atoms with Crippen LogP contribution in [-0.4, -0.2) is 16.0 Å². The van der Waals surface area contributed by atoms with E-state index in [1.807, 2.05) is 19.1 Å². The zero-order valence-corrected chi connectivity index (χ0v) is 14.5. The monoisotopic (exact) mass is 373 g/mol. The summed E-state index contributed by atoms with van der Waals surface area (Å²) in [6.07, 6.45) is 4.00. The molecule has 0 saturated carbocycles. The first-order valence-corrected chi connectivity index (χ1v) is 8.31. The van der Waals surface area contributed by atoms with Crippen LogP contribution < -0.4 is 10.1 Å². The van der Waals surface area contributed by atoms with E-state index in [1.54, 1.807) is 12.4 Å². The van der Waals surface area contributed by atoms with Crippen molar-refractivity contribution in [3.8, 4) is 5.75 Å². The van der Waals surface area contributed by atoms with E-state index in [1.165, 1.54) is 12.1 Å². The number of carbonyl (C=O) groups is 1. The first-order chi connectivity index (χ1) is 13.1. The van der Waals surface area contributed by atoms with Gasteiger partial charge in [0.05, 0.1) is 6.04 Å². The molecule has 0 saturated heterocycles. The van der Waals surface area contributed by atoms with Gasteiger partial charge < -0.3 is 14.6 Å². The summed E-state index contributed by atoms with van der Waals surface area (Å²) in [4.78, 5) is 16.3. The number of nitrogens with zero attached hydrogens (tertiary/aromatic N) is 2. The van der Waals surface area contributed by atoms with Gasteiger partial charge in [0, 0.05) is 24.5 Å². The Morgan fingerprint density at radius 1 is 1.22 bits per heavy atom. The summed E-state index contributed by atoms with van der Waals surface area (Å²) < 4.78 is 36.7. The van der Waals surface area contributed by atoms with Crippen LogP contribution in [0.1, 0.15) is 41.2 Å². The second-order valence-electron chi connectivity index (χ2n) is 5.76. The lowest BCUT2D eigenvalue weighted by Crippen LogP contribution is -2.28. The molecule has 0 bridgehead atoms. The summed E-state index contributed by atoms with van der Waals surface area (Å²) in [5.74, 6) is -1.81. The van der Waals surface area contributed by atoms with Crippen LogP contribution in [-0.2, 0) is 6.61 Å². The molecule has 0 aliphatic heterocycles. The summed E-state index contributed by atoms with van der Waals surface area (Å²) >= 11 is 0. The fourth-order valence-electron chi connectivity index (χ4n) is 2.48. The van der Waals surface area contributed by atoms with Crippen molar-refractivity contribution in [2.45, 2.75) is 26.0 Å². The minimum Gasteiger partial charge on any atom is -0.482 e. The molecular weight excluding hydrogens is 356 g/mol. The third-order valence-corrected chi connectivity index (χ3v) is 3.88. The molecule has 0 spiro atoms. The number of hydrogen-bond acceptors (Lipinski definition) is 5. The molecule has 1 aromatic carbocycles. The van der Waals surface area contributed by atoms with Gasteiger partial charge in [-0.3, -0.25) is 9.78 Å². The van der Waals surface area contributed by atoms with E-state index in [2.05, 4.69) is 15.5 Å². The predicted molar refractivity (Wildman–Crippen MR) is 91.9 cm³/mol. The summed E-state index contributed by atoms with van der Waals surface area (Å²) in [5.41, 5.74) is 1.01. The van der Waals surface area contributed by atoms with Crippen molar-refractivity contribution in [3.63, 3.8) is 0 Å². The summed E-state index contributed by atoms with van der Waals surface area (Å²) in [6, 6.07) is 7.86. The van der Waals surface area contributed by atoms with Gasteiger partial charge in [0.15, 0.2) is 23.0 Å². The highest BCUT2D eigenvalue weighted by molar-refractivity contribution is 5.92. The molecule has 2 heterocycles. The molecule has 8 heteroatoms. The maximum absolute atomic E-state index is 13.6. The summed E-state index contributed by atoms with van der Waals surface area (Å²) in [6.45, 7) is 1.80. The SMILES string of the molecule is CC[C@H](NC(=O)c1cc(COc2ccc(F)cc2F)on1)c1ccncc1. The Bertz CT molecular complexity index is 916. The average Bonchev–Trinajstić information content (AvgIpc) is 3.15. The maximum Gasteiger partial charge on any atom is 0.273 e. The van der Waals surface area contributed by atoms with E-state index in [-0.39, 0.29) is 29.9 Å². The second-order valence-corrected chi connectivity index (χ2v) is 5.76. The molecule has 0 aliphatic rings. The number of benzene rings is 1. The largest absolute Gasteiger partial charge is 0.482 e. The van der Waals surface area contributed by atoms with Crippen LogP contribution in [0.25, 0.3) is 0 Å². The van der Waals surface area contributed by atoms with Gasteiger partial charge in [-0.2, -0.15) is 0 Å². The van der Waals surface area contributed by atoms with E-state index in [4.69, 9.17) is 9.26 Å². The highest BCUT2D eigenvalue weighted by Gasteiger charge is 2.18. The number of amides is 1. The third-order valence-electron chi connectivity index (χ3n) is 3.88. The number of ether oxygens (including phenoxy) is 1. The van der Waals surface area contributed by atoms with E-state index in [9.17, 15) is 13.6 Å². The van der Waals surface area contributed by atoms with E-state index in [0.717, 1.165) is 17.7 Å². The Hall–Kier alpha value is -3.29. The fraction of sp³-hybridized carbons (Fsp3) is 0.211. The molecule has 27 heavy (non-hydrogen) atoms. The molecule has 0 fully saturated rings. The number of halogens is 2. The van der Waals surface area contributed by atoms with E-state index >= 15 is 0 Å². The van der Waals surface area contributed by atoms with E-state index in [0.29, 0.717) is 6.42 Å². The van der Waals surface area contributed by atoms with Crippen LogP contribution in [0.4, 0.5) is 8.78 Å². The van der Waals surface area contributed by atoms with Gasteiger partial charge in [0.25, 0.3) is 5.91 Å². The Kier molecular flexibility index (Phi) is 5.75. The molecule has 1 amide bonds. The average molecular weight is 373 g/mol. The number of carbonyl (C=O) groups excluding carboxylic acids is 1. The topological polar surface area (TPSA) is 77.2 Å². The van der Waals surface area contributed by atoms with Crippen LogP contribution in [0.3, 0.4) is 0 Å². The van der Waals surface area contributed by atoms with Gasteiger partial charge in [-0.25, -0.2) is 8.78 Å². The maximum atomic E-state index is 13.6. The number of rotatable bonds is 7. The molecule has 140 valence electrons. The molecule has 2 aromatic heterocycles. The minimum atomic E-state index is -0.823. The first-order valence-electron chi connectivity index (χ1n) is 8.31.